The lowest BCUT2D eigenvalue weighted by Crippen LogP contribution is -2.41. The van der Waals surface area contributed by atoms with E-state index in [1.807, 2.05) is 0 Å². The maximum absolute atomic E-state index is 13.2. The molecule has 0 aliphatic heterocycles. The van der Waals surface area contributed by atoms with Gasteiger partial charge in [-0.25, -0.2) is 9.18 Å². The minimum Gasteiger partial charge on any atom is -0.464 e. The quantitative estimate of drug-likeness (QED) is 0.821. The van der Waals surface area contributed by atoms with Crippen LogP contribution in [0.5, 0.6) is 0 Å². The Labute approximate surface area is 101 Å². The van der Waals surface area contributed by atoms with Crippen molar-refractivity contribution < 1.29 is 13.9 Å². The van der Waals surface area contributed by atoms with Gasteiger partial charge in [0.25, 0.3) is 0 Å². The topological polar surface area (TPSA) is 38.3 Å². The monoisotopic (exact) mass is 239 g/mol. The molecular formula is C13H18FNO2. The number of anilines is 1. The molecule has 0 aliphatic carbocycles. The van der Waals surface area contributed by atoms with Gasteiger partial charge < -0.3 is 10.1 Å². The van der Waals surface area contributed by atoms with Gasteiger partial charge in [0, 0.05) is 5.69 Å². The van der Waals surface area contributed by atoms with Gasteiger partial charge in [0.05, 0.1) is 6.61 Å². The summed E-state index contributed by atoms with van der Waals surface area (Å²) in [5.74, 6) is -0.686. The number of halogens is 1. The SMILES string of the molecule is CCOC(=O)C(C)(C)Nc1cc(C)cc(F)c1. The van der Waals surface area contributed by atoms with E-state index in [0.717, 1.165) is 5.56 Å². The number of carbonyl (C=O) groups excluding carboxylic acids is 1. The molecule has 0 amide bonds. The minimum atomic E-state index is -0.879. The van der Waals surface area contributed by atoms with Crippen molar-refractivity contribution in [2.75, 3.05) is 11.9 Å². The third kappa shape index (κ3) is 3.73. The van der Waals surface area contributed by atoms with Crippen molar-refractivity contribution in [1.29, 1.82) is 0 Å². The Balaban J connectivity index is 2.85. The molecule has 1 rings (SSSR count). The Morgan fingerprint density at radius 3 is 2.59 bits per heavy atom. The molecule has 0 bridgehead atoms. The summed E-state index contributed by atoms with van der Waals surface area (Å²) < 4.78 is 18.1. The van der Waals surface area contributed by atoms with Crippen LogP contribution in [-0.4, -0.2) is 18.1 Å². The molecule has 1 N–H and O–H groups in total. The van der Waals surface area contributed by atoms with Crippen molar-refractivity contribution in [2.24, 2.45) is 0 Å². The fraction of sp³-hybridized carbons (Fsp3) is 0.462. The molecule has 0 heterocycles. The van der Waals surface area contributed by atoms with Gasteiger partial charge in [0.2, 0.25) is 0 Å². The minimum absolute atomic E-state index is 0.326. The summed E-state index contributed by atoms with van der Waals surface area (Å²) in [6.45, 7) is 7.27. The van der Waals surface area contributed by atoms with E-state index >= 15 is 0 Å². The number of nitrogens with one attached hydrogen (secondary N) is 1. The third-order valence-corrected chi connectivity index (χ3v) is 2.28. The lowest BCUT2D eigenvalue weighted by Gasteiger charge is -2.25. The van der Waals surface area contributed by atoms with E-state index in [1.54, 1.807) is 33.8 Å². The molecule has 1 aromatic carbocycles. The van der Waals surface area contributed by atoms with Crippen LogP contribution < -0.4 is 5.32 Å². The Bertz CT molecular complexity index is 396. The van der Waals surface area contributed by atoms with Crippen LogP contribution in [0.3, 0.4) is 0 Å². The summed E-state index contributed by atoms with van der Waals surface area (Å²) >= 11 is 0. The van der Waals surface area contributed by atoms with Gasteiger partial charge in [-0.05, 0) is 51.5 Å². The number of esters is 1. The summed E-state index contributed by atoms with van der Waals surface area (Å²) in [5.41, 5.74) is 0.490. The molecule has 0 unspecified atom stereocenters. The molecule has 0 spiro atoms. The summed E-state index contributed by atoms with van der Waals surface area (Å²) in [6, 6.07) is 4.57. The summed E-state index contributed by atoms with van der Waals surface area (Å²) in [7, 11) is 0. The van der Waals surface area contributed by atoms with E-state index < -0.39 is 5.54 Å². The number of hydrogen-bond donors (Lipinski definition) is 1. The van der Waals surface area contributed by atoms with Crippen LogP contribution in [0, 0.1) is 12.7 Å². The van der Waals surface area contributed by atoms with Gasteiger partial charge in [-0.1, -0.05) is 0 Å². The number of rotatable bonds is 4. The van der Waals surface area contributed by atoms with Crippen LogP contribution in [0.15, 0.2) is 18.2 Å². The second-order valence-electron chi connectivity index (χ2n) is 4.49. The van der Waals surface area contributed by atoms with Crippen LogP contribution in [0.2, 0.25) is 0 Å². The summed E-state index contributed by atoms with van der Waals surface area (Å²) in [4.78, 5) is 11.7. The van der Waals surface area contributed by atoms with Gasteiger partial charge in [-0.3, -0.25) is 0 Å². The van der Waals surface area contributed by atoms with Gasteiger partial charge in [0.1, 0.15) is 11.4 Å². The highest BCUT2D eigenvalue weighted by atomic mass is 19.1. The lowest BCUT2D eigenvalue weighted by atomic mass is 10.0. The number of aryl methyl sites for hydroxylation is 1. The van der Waals surface area contributed by atoms with Crippen LogP contribution in [0.4, 0.5) is 10.1 Å². The molecule has 0 saturated carbocycles. The summed E-state index contributed by atoms with van der Waals surface area (Å²) in [6.07, 6.45) is 0. The van der Waals surface area contributed by atoms with E-state index in [1.165, 1.54) is 12.1 Å². The zero-order chi connectivity index (χ0) is 13.1. The standard InChI is InChI=1S/C13H18FNO2/c1-5-17-12(16)13(3,4)15-11-7-9(2)6-10(14)8-11/h6-8,15H,5H2,1-4H3. The van der Waals surface area contributed by atoms with Gasteiger partial charge >= 0.3 is 5.97 Å². The molecule has 0 aliphatic rings. The first kappa shape index (κ1) is 13.5. The van der Waals surface area contributed by atoms with Crippen molar-refractivity contribution in [2.45, 2.75) is 33.2 Å². The zero-order valence-electron chi connectivity index (χ0n) is 10.6. The molecule has 1 aromatic rings. The van der Waals surface area contributed by atoms with Crippen molar-refractivity contribution in [1.82, 2.24) is 0 Å². The maximum Gasteiger partial charge on any atom is 0.331 e. The van der Waals surface area contributed by atoms with Crippen LogP contribution >= 0.6 is 0 Å². The Morgan fingerprint density at radius 1 is 1.41 bits per heavy atom. The number of benzene rings is 1. The van der Waals surface area contributed by atoms with Crippen molar-refractivity contribution in [3.05, 3.63) is 29.6 Å². The first-order valence-corrected chi connectivity index (χ1v) is 5.58. The molecule has 0 aromatic heterocycles. The predicted octanol–water partition coefficient (Wildman–Crippen LogP) is 2.89. The van der Waals surface area contributed by atoms with Crippen molar-refractivity contribution >= 4 is 11.7 Å². The van der Waals surface area contributed by atoms with E-state index in [2.05, 4.69) is 5.32 Å². The molecule has 3 nitrogen and oxygen atoms in total. The van der Waals surface area contributed by atoms with Gasteiger partial charge in [-0.15, -0.1) is 0 Å². The fourth-order valence-corrected chi connectivity index (χ4v) is 1.53. The van der Waals surface area contributed by atoms with Crippen LogP contribution in [-0.2, 0) is 9.53 Å². The fourth-order valence-electron chi connectivity index (χ4n) is 1.53. The first-order valence-electron chi connectivity index (χ1n) is 5.58. The highest BCUT2D eigenvalue weighted by molar-refractivity contribution is 5.83. The largest absolute Gasteiger partial charge is 0.464 e. The molecule has 0 atom stereocenters. The molecule has 0 saturated heterocycles. The van der Waals surface area contributed by atoms with Crippen molar-refractivity contribution in [3.8, 4) is 0 Å². The Hall–Kier alpha value is -1.58. The molecule has 17 heavy (non-hydrogen) atoms. The van der Waals surface area contributed by atoms with Crippen LogP contribution in [0.1, 0.15) is 26.3 Å². The van der Waals surface area contributed by atoms with E-state index in [0.29, 0.717) is 12.3 Å². The Kier molecular flexibility index (Phi) is 4.10. The lowest BCUT2D eigenvalue weighted by molar-refractivity contribution is -0.147. The number of carbonyl (C=O) groups is 1. The highest BCUT2D eigenvalue weighted by Gasteiger charge is 2.28. The highest BCUT2D eigenvalue weighted by Crippen LogP contribution is 2.19. The number of ether oxygens (including phenoxy) is 1. The van der Waals surface area contributed by atoms with E-state index in [-0.39, 0.29) is 11.8 Å². The molecule has 0 radical (unpaired) electrons. The maximum atomic E-state index is 13.2. The third-order valence-electron chi connectivity index (χ3n) is 2.28. The molecular weight excluding hydrogens is 221 g/mol. The second-order valence-corrected chi connectivity index (χ2v) is 4.49. The average molecular weight is 239 g/mol. The Morgan fingerprint density at radius 2 is 2.06 bits per heavy atom. The first-order chi connectivity index (χ1) is 7.85. The predicted molar refractivity (Wildman–Crippen MR) is 65.5 cm³/mol. The second kappa shape index (κ2) is 5.17. The molecule has 94 valence electrons. The van der Waals surface area contributed by atoms with E-state index in [4.69, 9.17) is 4.74 Å². The van der Waals surface area contributed by atoms with Gasteiger partial charge in [0.15, 0.2) is 0 Å². The smallest absolute Gasteiger partial charge is 0.331 e. The van der Waals surface area contributed by atoms with E-state index in [9.17, 15) is 9.18 Å². The average Bonchev–Trinajstić information content (AvgIpc) is 2.15. The van der Waals surface area contributed by atoms with Gasteiger partial charge in [-0.2, -0.15) is 0 Å². The number of hydrogen-bond acceptors (Lipinski definition) is 3. The zero-order valence-corrected chi connectivity index (χ0v) is 10.6. The normalized spacial score (nSPS) is 11.1. The van der Waals surface area contributed by atoms with Crippen LogP contribution in [0.25, 0.3) is 0 Å². The molecule has 0 fully saturated rings. The van der Waals surface area contributed by atoms with Crippen molar-refractivity contribution in [3.63, 3.8) is 0 Å². The molecule has 4 heteroatoms. The summed E-state index contributed by atoms with van der Waals surface area (Å²) in [5, 5.41) is 2.97.